The first-order valence-corrected chi connectivity index (χ1v) is 12.5. The molecule has 2 aromatic carbocycles. The molecule has 0 heterocycles. The van der Waals surface area contributed by atoms with Crippen molar-refractivity contribution in [3.8, 4) is 11.1 Å². The number of nitrogens with one attached hydrogen (secondary N) is 1. The third-order valence-electron chi connectivity index (χ3n) is 7.24. The standard InChI is InChI=1S/C28H34N2O5/c1-18(2)30(16-27(32)33)26(31)15-19-9-3-8-14-25(19)29-28(34)35-17-24-22-12-6-4-10-20(22)21-11-5-7-13-23(21)24/h4-7,10-13,18-19,24-25H,3,8-9,14-17H2,1-2H3,(H,29,34)(H,32,33). The van der Waals surface area contributed by atoms with Gasteiger partial charge in [-0.3, -0.25) is 9.59 Å². The number of hydrogen-bond donors (Lipinski definition) is 2. The average molecular weight is 479 g/mol. The first-order chi connectivity index (χ1) is 16.8. The number of nitrogens with zero attached hydrogens (tertiary/aromatic N) is 1. The summed E-state index contributed by atoms with van der Waals surface area (Å²) >= 11 is 0. The Morgan fingerprint density at radius 3 is 2.20 bits per heavy atom. The molecule has 0 aromatic heterocycles. The second-order valence-corrected chi connectivity index (χ2v) is 9.83. The Hall–Kier alpha value is -3.35. The topological polar surface area (TPSA) is 95.9 Å². The lowest BCUT2D eigenvalue weighted by Gasteiger charge is -2.34. The summed E-state index contributed by atoms with van der Waals surface area (Å²) in [5.74, 6) is -1.25. The van der Waals surface area contributed by atoms with Gasteiger partial charge in [0, 0.05) is 24.4 Å². The molecule has 35 heavy (non-hydrogen) atoms. The smallest absolute Gasteiger partial charge is 0.407 e. The number of benzene rings is 2. The van der Waals surface area contributed by atoms with Gasteiger partial charge in [-0.15, -0.1) is 0 Å². The van der Waals surface area contributed by atoms with Gasteiger partial charge in [0.05, 0.1) is 0 Å². The molecule has 1 saturated carbocycles. The largest absolute Gasteiger partial charge is 0.480 e. The van der Waals surface area contributed by atoms with Gasteiger partial charge in [0.1, 0.15) is 13.2 Å². The Morgan fingerprint density at radius 1 is 1.00 bits per heavy atom. The summed E-state index contributed by atoms with van der Waals surface area (Å²) in [6.45, 7) is 3.56. The maximum Gasteiger partial charge on any atom is 0.407 e. The van der Waals surface area contributed by atoms with E-state index < -0.39 is 12.1 Å². The van der Waals surface area contributed by atoms with E-state index in [0.717, 1.165) is 36.8 Å². The van der Waals surface area contributed by atoms with Gasteiger partial charge >= 0.3 is 12.1 Å². The SMILES string of the molecule is CC(C)N(CC(=O)O)C(=O)CC1CCCCC1NC(=O)OCC1c2ccccc2-c2ccccc21. The second-order valence-electron chi connectivity index (χ2n) is 9.83. The number of aliphatic carboxylic acids is 1. The van der Waals surface area contributed by atoms with Gasteiger partial charge in [-0.05, 0) is 54.9 Å². The Balaban J connectivity index is 1.37. The number of ether oxygens (including phenoxy) is 1. The lowest BCUT2D eigenvalue weighted by molar-refractivity contribution is -0.146. The third kappa shape index (κ3) is 5.66. The molecular formula is C28H34N2O5. The minimum atomic E-state index is -1.02. The van der Waals surface area contributed by atoms with Crippen LogP contribution < -0.4 is 5.32 Å². The number of carbonyl (C=O) groups is 3. The highest BCUT2D eigenvalue weighted by Gasteiger charge is 2.33. The number of fused-ring (bicyclic) bond motifs is 3. The fraction of sp³-hybridized carbons (Fsp3) is 0.464. The molecule has 2 N–H and O–H groups in total. The summed E-state index contributed by atoms with van der Waals surface area (Å²) in [6.07, 6.45) is 3.31. The molecule has 1 fully saturated rings. The summed E-state index contributed by atoms with van der Waals surface area (Å²) in [7, 11) is 0. The van der Waals surface area contributed by atoms with Crippen molar-refractivity contribution in [3.05, 3.63) is 59.7 Å². The van der Waals surface area contributed by atoms with Crippen molar-refractivity contribution in [2.24, 2.45) is 5.92 Å². The van der Waals surface area contributed by atoms with Gasteiger partial charge in [0.15, 0.2) is 0 Å². The summed E-state index contributed by atoms with van der Waals surface area (Å²) in [5, 5.41) is 12.2. The number of hydrogen-bond acceptors (Lipinski definition) is 4. The molecule has 0 aliphatic heterocycles. The molecule has 7 heteroatoms. The molecule has 2 unspecified atom stereocenters. The van der Waals surface area contributed by atoms with Gasteiger partial charge in [0.25, 0.3) is 0 Å². The Bertz CT molecular complexity index is 1040. The van der Waals surface area contributed by atoms with Crippen LogP contribution in [0.15, 0.2) is 48.5 Å². The van der Waals surface area contributed by atoms with Crippen molar-refractivity contribution in [2.45, 2.75) is 64.0 Å². The van der Waals surface area contributed by atoms with Gasteiger partial charge in [-0.25, -0.2) is 4.79 Å². The molecule has 0 spiro atoms. The lowest BCUT2D eigenvalue weighted by atomic mass is 9.82. The fourth-order valence-corrected chi connectivity index (χ4v) is 5.48. The highest BCUT2D eigenvalue weighted by atomic mass is 16.5. The van der Waals surface area contributed by atoms with E-state index in [-0.39, 0.29) is 49.4 Å². The van der Waals surface area contributed by atoms with Gasteiger partial charge in [0.2, 0.25) is 5.91 Å². The summed E-state index contributed by atoms with van der Waals surface area (Å²) in [4.78, 5) is 38.3. The van der Waals surface area contributed by atoms with E-state index in [1.807, 2.05) is 38.1 Å². The van der Waals surface area contributed by atoms with E-state index in [1.165, 1.54) is 16.0 Å². The van der Waals surface area contributed by atoms with Crippen LogP contribution >= 0.6 is 0 Å². The maximum atomic E-state index is 12.9. The number of rotatable bonds is 8. The molecule has 0 bridgehead atoms. The summed E-state index contributed by atoms with van der Waals surface area (Å²) in [6, 6.07) is 16.1. The van der Waals surface area contributed by atoms with E-state index in [9.17, 15) is 14.4 Å². The van der Waals surface area contributed by atoms with E-state index in [1.54, 1.807) is 0 Å². The zero-order valence-electron chi connectivity index (χ0n) is 20.4. The second kappa shape index (κ2) is 10.9. The number of amides is 2. The van der Waals surface area contributed by atoms with Crippen molar-refractivity contribution in [3.63, 3.8) is 0 Å². The predicted octanol–water partition coefficient (Wildman–Crippen LogP) is 4.80. The molecule has 4 rings (SSSR count). The third-order valence-corrected chi connectivity index (χ3v) is 7.24. The van der Waals surface area contributed by atoms with Crippen LogP contribution in [-0.2, 0) is 14.3 Å². The van der Waals surface area contributed by atoms with Crippen molar-refractivity contribution < 1.29 is 24.2 Å². The normalized spacial score (nSPS) is 19.1. The first-order valence-electron chi connectivity index (χ1n) is 12.5. The van der Waals surface area contributed by atoms with Crippen molar-refractivity contribution in [2.75, 3.05) is 13.2 Å². The Morgan fingerprint density at radius 2 is 1.60 bits per heavy atom. The summed E-state index contributed by atoms with van der Waals surface area (Å²) in [5.41, 5.74) is 4.68. The van der Waals surface area contributed by atoms with Crippen LogP contribution in [0.1, 0.15) is 63.0 Å². The molecule has 2 atom stereocenters. The maximum absolute atomic E-state index is 12.9. The molecule has 186 valence electrons. The molecule has 2 amide bonds. The fourth-order valence-electron chi connectivity index (χ4n) is 5.48. The van der Waals surface area contributed by atoms with Crippen LogP contribution in [0.25, 0.3) is 11.1 Å². The lowest BCUT2D eigenvalue weighted by Crippen LogP contribution is -2.46. The minimum Gasteiger partial charge on any atom is -0.480 e. The van der Waals surface area contributed by atoms with E-state index in [4.69, 9.17) is 9.84 Å². The first kappa shape index (κ1) is 24.8. The van der Waals surface area contributed by atoms with Crippen LogP contribution in [0.2, 0.25) is 0 Å². The molecule has 2 aliphatic rings. The molecule has 7 nitrogen and oxygen atoms in total. The number of carboxylic acid groups (broad SMARTS) is 1. The minimum absolute atomic E-state index is 0.00695. The van der Waals surface area contributed by atoms with Gasteiger partial charge in [-0.1, -0.05) is 61.4 Å². The zero-order valence-corrected chi connectivity index (χ0v) is 20.4. The summed E-state index contributed by atoms with van der Waals surface area (Å²) < 4.78 is 5.71. The number of alkyl carbamates (subject to hydrolysis) is 1. The Labute approximate surface area is 206 Å². The Kier molecular flexibility index (Phi) is 7.73. The number of carboxylic acids is 1. The van der Waals surface area contributed by atoms with Crippen molar-refractivity contribution >= 4 is 18.0 Å². The molecule has 2 aliphatic carbocycles. The molecule has 2 aromatic rings. The van der Waals surface area contributed by atoms with Crippen LogP contribution in [-0.4, -0.2) is 53.2 Å². The van der Waals surface area contributed by atoms with E-state index in [2.05, 4.69) is 29.6 Å². The molecule has 0 saturated heterocycles. The highest BCUT2D eigenvalue weighted by Crippen LogP contribution is 2.44. The quantitative estimate of drug-likeness (QED) is 0.568. The molecule has 0 radical (unpaired) electrons. The van der Waals surface area contributed by atoms with Crippen LogP contribution in [0, 0.1) is 5.92 Å². The average Bonchev–Trinajstić information content (AvgIpc) is 3.16. The zero-order chi connectivity index (χ0) is 24.9. The van der Waals surface area contributed by atoms with Crippen molar-refractivity contribution in [1.29, 1.82) is 0 Å². The van der Waals surface area contributed by atoms with Crippen LogP contribution in [0.4, 0.5) is 4.79 Å². The number of carbonyl (C=O) groups excluding carboxylic acids is 2. The van der Waals surface area contributed by atoms with Gasteiger partial charge in [-0.2, -0.15) is 0 Å². The van der Waals surface area contributed by atoms with Crippen LogP contribution in [0.5, 0.6) is 0 Å². The van der Waals surface area contributed by atoms with Gasteiger partial charge < -0.3 is 20.1 Å². The predicted molar refractivity (Wildman–Crippen MR) is 133 cm³/mol. The monoisotopic (exact) mass is 478 g/mol. The van der Waals surface area contributed by atoms with E-state index >= 15 is 0 Å². The van der Waals surface area contributed by atoms with Crippen LogP contribution in [0.3, 0.4) is 0 Å². The van der Waals surface area contributed by atoms with E-state index in [0.29, 0.717) is 0 Å². The van der Waals surface area contributed by atoms with Crippen molar-refractivity contribution in [1.82, 2.24) is 10.2 Å². The molecular weight excluding hydrogens is 444 g/mol. The highest BCUT2D eigenvalue weighted by molar-refractivity contribution is 5.82.